The number of benzene rings is 1. The first kappa shape index (κ1) is 16.5. The monoisotopic (exact) mass is 342 g/mol. The normalized spacial score (nSPS) is 24.4. The molecule has 24 heavy (non-hydrogen) atoms. The summed E-state index contributed by atoms with van der Waals surface area (Å²) in [5.41, 5.74) is -1.09. The van der Waals surface area contributed by atoms with Gasteiger partial charge in [-0.05, 0) is 45.0 Å². The first-order valence-electron chi connectivity index (χ1n) is 7.55. The zero-order valence-electron chi connectivity index (χ0n) is 13.7. The lowest BCUT2D eigenvalue weighted by Gasteiger charge is -2.48. The van der Waals surface area contributed by atoms with Crippen LogP contribution in [0.4, 0.5) is 0 Å². The standard InChI is InChI=1S/C18H18N2O3S/c1-17(2)18(3,21)16(22-12-6-7-20-15(24)9-12)13-8-11(10-19)4-5-14(13)23-17/h4-9,16,21H,1-3H3,(H,20,24). The molecule has 2 N–H and O–H groups in total. The number of hydrogen-bond donors (Lipinski definition) is 2. The second-order valence-corrected chi connectivity index (χ2v) is 6.95. The molecule has 1 aliphatic rings. The summed E-state index contributed by atoms with van der Waals surface area (Å²) in [6.45, 7) is 5.28. The van der Waals surface area contributed by atoms with Gasteiger partial charge in [0.15, 0.2) is 6.10 Å². The van der Waals surface area contributed by atoms with Crippen molar-refractivity contribution in [2.45, 2.75) is 38.1 Å². The van der Waals surface area contributed by atoms with E-state index >= 15 is 0 Å². The third kappa shape index (κ3) is 2.66. The van der Waals surface area contributed by atoms with E-state index in [1.165, 1.54) is 0 Å². The third-order valence-electron chi connectivity index (χ3n) is 4.52. The Balaban J connectivity index is 2.14. The number of hydrogen-bond acceptors (Lipinski definition) is 5. The first-order chi connectivity index (χ1) is 11.2. The molecule has 0 bridgehead atoms. The summed E-state index contributed by atoms with van der Waals surface area (Å²) in [6.07, 6.45) is 0.977. The Morgan fingerprint density at radius 2 is 2.04 bits per heavy atom. The Kier molecular flexibility index (Phi) is 3.86. The van der Waals surface area contributed by atoms with Crippen LogP contribution >= 0.6 is 12.2 Å². The lowest BCUT2D eigenvalue weighted by Crippen LogP contribution is -2.59. The van der Waals surface area contributed by atoms with Gasteiger partial charge >= 0.3 is 0 Å². The van der Waals surface area contributed by atoms with Crippen molar-refractivity contribution in [3.63, 3.8) is 0 Å². The van der Waals surface area contributed by atoms with Crippen molar-refractivity contribution in [1.29, 1.82) is 5.26 Å². The molecule has 0 spiro atoms. The Morgan fingerprint density at radius 3 is 2.71 bits per heavy atom. The summed E-state index contributed by atoms with van der Waals surface area (Å²) >= 11 is 5.12. The van der Waals surface area contributed by atoms with Gasteiger partial charge in [0.05, 0.1) is 11.6 Å². The predicted molar refractivity (Wildman–Crippen MR) is 91.5 cm³/mol. The van der Waals surface area contributed by atoms with Gasteiger partial charge in [-0.15, -0.1) is 0 Å². The minimum absolute atomic E-state index is 0.479. The highest BCUT2D eigenvalue weighted by molar-refractivity contribution is 7.71. The van der Waals surface area contributed by atoms with Gasteiger partial charge in [0.25, 0.3) is 0 Å². The van der Waals surface area contributed by atoms with Gasteiger partial charge in [0.2, 0.25) is 0 Å². The maximum Gasteiger partial charge on any atom is 0.160 e. The van der Waals surface area contributed by atoms with E-state index in [4.69, 9.17) is 21.7 Å². The number of ether oxygens (including phenoxy) is 2. The van der Waals surface area contributed by atoms with Crippen LogP contribution in [0.1, 0.15) is 38.0 Å². The van der Waals surface area contributed by atoms with Crippen LogP contribution in [0, 0.1) is 16.0 Å². The molecule has 0 saturated carbocycles. The summed E-state index contributed by atoms with van der Waals surface area (Å²) in [6, 6.07) is 10.6. The minimum atomic E-state index is -1.32. The van der Waals surface area contributed by atoms with Gasteiger partial charge in [-0.3, -0.25) is 0 Å². The first-order valence-corrected chi connectivity index (χ1v) is 7.96. The van der Waals surface area contributed by atoms with Crippen LogP contribution in [0.2, 0.25) is 0 Å². The van der Waals surface area contributed by atoms with Crippen molar-refractivity contribution < 1.29 is 14.6 Å². The van der Waals surface area contributed by atoms with Crippen LogP contribution in [-0.2, 0) is 0 Å². The predicted octanol–water partition coefficient (Wildman–Crippen LogP) is 3.66. The second kappa shape index (κ2) is 5.62. The Labute approximate surface area is 145 Å². The molecule has 1 aliphatic heterocycles. The van der Waals surface area contributed by atoms with E-state index < -0.39 is 17.3 Å². The van der Waals surface area contributed by atoms with Crippen molar-refractivity contribution in [1.82, 2.24) is 4.98 Å². The molecular formula is C18H18N2O3S. The second-order valence-electron chi connectivity index (χ2n) is 6.51. The molecule has 2 unspecified atom stereocenters. The molecule has 6 heteroatoms. The zero-order chi connectivity index (χ0) is 17.5. The number of aromatic amines is 1. The quantitative estimate of drug-likeness (QED) is 0.815. The topological polar surface area (TPSA) is 78.3 Å². The average molecular weight is 342 g/mol. The van der Waals surface area contributed by atoms with Crippen molar-refractivity contribution in [2.24, 2.45) is 0 Å². The Hall–Kier alpha value is -2.36. The van der Waals surface area contributed by atoms with Crippen LogP contribution in [0.15, 0.2) is 36.5 Å². The van der Waals surface area contributed by atoms with E-state index in [9.17, 15) is 10.4 Å². The lowest BCUT2D eigenvalue weighted by atomic mass is 9.77. The highest BCUT2D eigenvalue weighted by atomic mass is 32.1. The van der Waals surface area contributed by atoms with Crippen LogP contribution in [0.25, 0.3) is 0 Å². The van der Waals surface area contributed by atoms with Crippen LogP contribution < -0.4 is 9.47 Å². The number of nitrogens with one attached hydrogen (secondary N) is 1. The van der Waals surface area contributed by atoms with Crippen LogP contribution in [0.5, 0.6) is 11.5 Å². The van der Waals surface area contributed by atoms with E-state index in [1.54, 1.807) is 43.5 Å². The fraction of sp³-hybridized carbons (Fsp3) is 0.333. The van der Waals surface area contributed by atoms with Gasteiger partial charge in [0, 0.05) is 17.8 Å². The molecule has 0 aliphatic carbocycles. The maximum atomic E-state index is 11.1. The fourth-order valence-electron chi connectivity index (χ4n) is 2.73. The Morgan fingerprint density at radius 1 is 1.29 bits per heavy atom. The van der Waals surface area contributed by atoms with Crippen LogP contribution in [-0.4, -0.2) is 21.3 Å². The molecule has 3 rings (SSSR count). The molecule has 0 fully saturated rings. The summed E-state index contributed by atoms with van der Waals surface area (Å²) in [7, 11) is 0. The van der Waals surface area contributed by atoms with Crippen LogP contribution in [0.3, 0.4) is 0 Å². The van der Waals surface area contributed by atoms with Gasteiger partial charge in [-0.2, -0.15) is 5.26 Å². The Bertz CT molecular complexity index is 880. The summed E-state index contributed by atoms with van der Waals surface area (Å²) < 4.78 is 12.6. The molecule has 0 radical (unpaired) electrons. The number of nitrogens with zero attached hydrogens (tertiary/aromatic N) is 1. The van der Waals surface area contributed by atoms with Crippen molar-refractivity contribution in [3.05, 3.63) is 52.3 Å². The molecule has 2 heterocycles. The number of H-pyrrole nitrogens is 1. The van der Waals surface area contributed by atoms with Crippen molar-refractivity contribution in [2.75, 3.05) is 0 Å². The molecule has 1 aromatic carbocycles. The SMILES string of the molecule is CC1(C)Oc2ccc(C#N)cc2C(Oc2cc[nH]c(=S)c2)C1(C)O. The molecule has 5 nitrogen and oxygen atoms in total. The minimum Gasteiger partial charge on any atom is -0.484 e. The van der Waals surface area contributed by atoms with Gasteiger partial charge in [-0.25, -0.2) is 0 Å². The maximum absolute atomic E-state index is 11.1. The van der Waals surface area contributed by atoms with Crippen molar-refractivity contribution in [3.8, 4) is 17.6 Å². The van der Waals surface area contributed by atoms with E-state index in [-0.39, 0.29) is 0 Å². The summed E-state index contributed by atoms with van der Waals surface area (Å²) in [4.78, 5) is 2.89. The summed E-state index contributed by atoms with van der Waals surface area (Å²) in [5.74, 6) is 1.13. The van der Waals surface area contributed by atoms with E-state index in [1.807, 2.05) is 13.8 Å². The molecule has 2 atom stereocenters. The number of nitriles is 1. The molecule has 0 amide bonds. The molecule has 2 aromatic rings. The smallest absolute Gasteiger partial charge is 0.160 e. The number of fused-ring (bicyclic) bond motifs is 1. The van der Waals surface area contributed by atoms with E-state index in [2.05, 4.69) is 11.1 Å². The number of rotatable bonds is 2. The number of pyridine rings is 1. The molecular weight excluding hydrogens is 324 g/mol. The fourth-order valence-corrected chi connectivity index (χ4v) is 2.91. The number of aromatic nitrogens is 1. The van der Waals surface area contributed by atoms with Crippen molar-refractivity contribution >= 4 is 12.2 Å². The summed E-state index contributed by atoms with van der Waals surface area (Å²) in [5, 5.41) is 20.3. The average Bonchev–Trinajstić information content (AvgIpc) is 2.51. The molecule has 124 valence electrons. The lowest BCUT2D eigenvalue weighted by molar-refractivity contribution is -0.174. The van der Waals surface area contributed by atoms with Gasteiger partial charge in [-0.1, -0.05) is 12.2 Å². The zero-order valence-corrected chi connectivity index (χ0v) is 14.5. The molecule has 1 aromatic heterocycles. The number of aliphatic hydroxyl groups is 1. The largest absolute Gasteiger partial charge is 0.484 e. The van der Waals surface area contributed by atoms with E-state index in [0.717, 1.165) is 0 Å². The van der Waals surface area contributed by atoms with Gasteiger partial charge < -0.3 is 19.6 Å². The highest BCUT2D eigenvalue weighted by Gasteiger charge is 2.54. The highest BCUT2D eigenvalue weighted by Crippen LogP contribution is 2.48. The molecule has 0 saturated heterocycles. The third-order valence-corrected chi connectivity index (χ3v) is 4.75. The van der Waals surface area contributed by atoms with E-state index in [0.29, 0.717) is 27.3 Å². The van der Waals surface area contributed by atoms with Gasteiger partial charge in [0.1, 0.15) is 27.3 Å².